The van der Waals surface area contributed by atoms with Gasteiger partial charge in [0.1, 0.15) is 17.5 Å². The predicted octanol–water partition coefficient (Wildman–Crippen LogP) is 3.42. The Labute approximate surface area is 187 Å². The zero-order valence-electron chi connectivity index (χ0n) is 18.8. The number of carbonyl (C=O) groups is 3. The van der Waals surface area contributed by atoms with Crippen molar-refractivity contribution in [2.45, 2.75) is 38.8 Å². The van der Waals surface area contributed by atoms with Crippen LogP contribution in [0.25, 0.3) is 0 Å². The monoisotopic (exact) mass is 439 g/mol. The van der Waals surface area contributed by atoms with E-state index in [2.05, 4.69) is 10.6 Å². The molecular weight excluding hydrogens is 410 g/mol. The normalized spacial score (nSPS) is 16.7. The lowest BCUT2D eigenvalue weighted by Gasteiger charge is -2.23. The third-order valence-electron chi connectivity index (χ3n) is 5.47. The molecule has 2 N–H and O–H groups in total. The number of anilines is 1. The number of imide groups is 1. The van der Waals surface area contributed by atoms with Gasteiger partial charge < -0.3 is 20.1 Å². The van der Waals surface area contributed by atoms with Gasteiger partial charge in [-0.05, 0) is 54.3 Å². The molecule has 0 saturated carbocycles. The molecule has 0 aromatic heterocycles. The fourth-order valence-corrected chi connectivity index (χ4v) is 3.67. The van der Waals surface area contributed by atoms with E-state index in [9.17, 15) is 14.4 Å². The highest BCUT2D eigenvalue weighted by Crippen LogP contribution is 2.26. The number of hydrogen-bond acceptors (Lipinski definition) is 5. The van der Waals surface area contributed by atoms with E-state index in [-0.39, 0.29) is 36.6 Å². The van der Waals surface area contributed by atoms with Crippen LogP contribution in [-0.4, -0.2) is 38.1 Å². The Morgan fingerprint density at radius 1 is 1.00 bits per heavy atom. The smallest absolute Gasteiger partial charge is 0.329 e. The number of nitrogens with one attached hydrogen (secondary N) is 2. The molecule has 8 nitrogen and oxygen atoms in total. The molecule has 3 rings (SSSR count). The fourth-order valence-electron chi connectivity index (χ4n) is 3.67. The molecule has 0 radical (unpaired) electrons. The maximum atomic E-state index is 12.8. The van der Waals surface area contributed by atoms with Crippen LogP contribution in [-0.2, 0) is 9.59 Å². The minimum Gasteiger partial charge on any atom is -0.497 e. The summed E-state index contributed by atoms with van der Waals surface area (Å²) in [7, 11) is 3.15. The number of benzene rings is 2. The van der Waals surface area contributed by atoms with E-state index < -0.39 is 12.1 Å². The highest BCUT2D eigenvalue weighted by atomic mass is 16.5. The van der Waals surface area contributed by atoms with Gasteiger partial charge in [0.2, 0.25) is 5.91 Å². The van der Waals surface area contributed by atoms with Gasteiger partial charge in [0.25, 0.3) is 5.91 Å². The first-order valence-electron chi connectivity index (χ1n) is 10.6. The summed E-state index contributed by atoms with van der Waals surface area (Å²) >= 11 is 0. The maximum Gasteiger partial charge on any atom is 0.329 e. The third-order valence-corrected chi connectivity index (χ3v) is 5.47. The van der Waals surface area contributed by atoms with Crippen molar-refractivity contribution in [3.63, 3.8) is 0 Å². The Morgan fingerprint density at radius 2 is 1.56 bits per heavy atom. The van der Waals surface area contributed by atoms with Gasteiger partial charge in [0.15, 0.2) is 0 Å². The van der Waals surface area contributed by atoms with Crippen molar-refractivity contribution in [3.05, 3.63) is 54.1 Å². The molecule has 2 aromatic carbocycles. The third kappa shape index (κ3) is 5.19. The zero-order chi connectivity index (χ0) is 23.3. The highest BCUT2D eigenvalue weighted by molar-refractivity contribution is 6.21. The Balaban J connectivity index is 1.59. The molecule has 1 fully saturated rings. The van der Waals surface area contributed by atoms with E-state index in [0.29, 0.717) is 11.4 Å². The molecule has 1 aliphatic rings. The Hall–Kier alpha value is -3.55. The van der Waals surface area contributed by atoms with Crippen molar-refractivity contribution in [3.8, 4) is 11.5 Å². The van der Waals surface area contributed by atoms with Crippen LogP contribution in [0.4, 0.5) is 10.5 Å². The number of rotatable bonds is 9. The minimum absolute atomic E-state index is 0.118. The number of ether oxygens (including phenoxy) is 2. The summed E-state index contributed by atoms with van der Waals surface area (Å²) in [5, 5.41) is 5.71. The van der Waals surface area contributed by atoms with Crippen molar-refractivity contribution in [1.29, 1.82) is 0 Å². The first-order valence-corrected chi connectivity index (χ1v) is 10.6. The van der Waals surface area contributed by atoms with Crippen LogP contribution in [0.15, 0.2) is 48.5 Å². The van der Waals surface area contributed by atoms with Crippen LogP contribution in [0, 0.1) is 5.92 Å². The highest BCUT2D eigenvalue weighted by Gasteiger charge is 2.39. The van der Waals surface area contributed by atoms with Gasteiger partial charge in [0.05, 0.1) is 25.9 Å². The largest absolute Gasteiger partial charge is 0.497 e. The van der Waals surface area contributed by atoms with Gasteiger partial charge >= 0.3 is 6.03 Å². The summed E-state index contributed by atoms with van der Waals surface area (Å²) in [6, 6.07) is 12.8. The van der Waals surface area contributed by atoms with Crippen LogP contribution in [0.5, 0.6) is 11.5 Å². The van der Waals surface area contributed by atoms with Crippen LogP contribution < -0.4 is 25.0 Å². The minimum atomic E-state index is -0.742. The number of amides is 4. The number of urea groups is 1. The molecule has 4 amide bonds. The second-order valence-corrected chi connectivity index (χ2v) is 7.97. The van der Waals surface area contributed by atoms with Gasteiger partial charge in [-0.2, -0.15) is 0 Å². The van der Waals surface area contributed by atoms with Crippen molar-refractivity contribution in [1.82, 2.24) is 10.6 Å². The summed E-state index contributed by atoms with van der Waals surface area (Å²) in [4.78, 5) is 38.8. The summed E-state index contributed by atoms with van der Waals surface area (Å²) in [5.41, 5.74) is 1.43. The lowest BCUT2D eigenvalue weighted by Crippen LogP contribution is -2.35. The van der Waals surface area contributed by atoms with Crippen molar-refractivity contribution in [2.75, 3.05) is 19.1 Å². The molecule has 8 heteroatoms. The molecule has 1 saturated heterocycles. The average Bonchev–Trinajstić information content (AvgIpc) is 3.09. The molecule has 0 unspecified atom stereocenters. The van der Waals surface area contributed by atoms with E-state index in [1.54, 1.807) is 38.5 Å². The summed E-state index contributed by atoms with van der Waals surface area (Å²) < 4.78 is 10.3. The van der Waals surface area contributed by atoms with Crippen LogP contribution in [0.2, 0.25) is 0 Å². The molecule has 2 aromatic rings. The van der Waals surface area contributed by atoms with Gasteiger partial charge in [-0.25, -0.2) is 9.69 Å². The first-order chi connectivity index (χ1) is 15.3. The summed E-state index contributed by atoms with van der Waals surface area (Å²) in [6.07, 6.45) is 0.336. The van der Waals surface area contributed by atoms with E-state index in [4.69, 9.17) is 9.47 Å². The van der Waals surface area contributed by atoms with Crippen molar-refractivity contribution in [2.24, 2.45) is 5.92 Å². The summed E-state index contributed by atoms with van der Waals surface area (Å²) in [6.45, 7) is 4.06. The quantitative estimate of drug-likeness (QED) is 0.584. The Morgan fingerprint density at radius 3 is 2.09 bits per heavy atom. The molecule has 1 heterocycles. The first kappa shape index (κ1) is 23.1. The van der Waals surface area contributed by atoms with Crippen LogP contribution in [0.3, 0.4) is 0 Å². The topological polar surface area (TPSA) is 97.0 Å². The van der Waals surface area contributed by atoms with Crippen LogP contribution in [0.1, 0.15) is 38.3 Å². The average molecular weight is 440 g/mol. The molecule has 170 valence electrons. The second-order valence-electron chi connectivity index (χ2n) is 7.97. The number of carbonyl (C=O) groups excluding carboxylic acids is 3. The Bertz CT molecular complexity index is 957. The van der Waals surface area contributed by atoms with Gasteiger partial charge in [-0.1, -0.05) is 26.0 Å². The van der Waals surface area contributed by atoms with Crippen molar-refractivity contribution < 1.29 is 23.9 Å². The zero-order valence-corrected chi connectivity index (χ0v) is 18.8. The molecule has 2 atom stereocenters. The standard InChI is InChI=1S/C24H29N3O5/c1-15(2)22(16-5-9-18(31-3)10-6-16)26-21(28)14-13-20-23(29)27(24(30)25-20)17-7-11-19(32-4)12-8-17/h5-12,15,20,22H,13-14H2,1-4H3,(H,25,30)(H,26,28)/t20-,22-/m0/s1. The molecule has 1 aliphatic heterocycles. The lowest BCUT2D eigenvalue weighted by molar-refractivity contribution is -0.122. The number of hydrogen-bond donors (Lipinski definition) is 2. The lowest BCUT2D eigenvalue weighted by atomic mass is 9.95. The number of nitrogens with zero attached hydrogens (tertiary/aromatic N) is 1. The molecule has 0 spiro atoms. The Kier molecular flexibility index (Phi) is 7.35. The van der Waals surface area contributed by atoms with Crippen LogP contribution >= 0.6 is 0 Å². The number of methoxy groups -OCH3 is 2. The van der Waals surface area contributed by atoms with Gasteiger partial charge in [-0.15, -0.1) is 0 Å². The summed E-state index contributed by atoms with van der Waals surface area (Å²) in [5.74, 6) is 1.00. The fraction of sp³-hybridized carbons (Fsp3) is 0.375. The van der Waals surface area contributed by atoms with E-state index in [1.165, 1.54) is 0 Å². The second kappa shape index (κ2) is 10.2. The molecule has 0 bridgehead atoms. The SMILES string of the molecule is COc1ccc([C@@H](NC(=O)CC[C@@H]2NC(=O)N(c3ccc(OC)cc3)C2=O)C(C)C)cc1. The molecular formula is C24H29N3O5. The van der Waals surface area contributed by atoms with Gasteiger partial charge in [-0.3, -0.25) is 9.59 Å². The predicted molar refractivity (Wildman–Crippen MR) is 121 cm³/mol. The van der Waals surface area contributed by atoms with Crippen molar-refractivity contribution >= 4 is 23.5 Å². The van der Waals surface area contributed by atoms with E-state index in [1.807, 2.05) is 38.1 Å². The van der Waals surface area contributed by atoms with E-state index in [0.717, 1.165) is 16.2 Å². The van der Waals surface area contributed by atoms with E-state index >= 15 is 0 Å². The molecule has 32 heavy (non-hydrogen) atoms. The molecule has 0 aliphatic carbocycles. The van der Waals surface area contributed by atoms with Gasteiger partial charge in [0, 0.05) is 6.42 Å². The maximum absolute atomic E-state index is 12.8.